The van der Waals surface area contributed by atoms with E-state index in [1.54, 1.807) is 11.5 Å². The number of hydrogen-bond donors (Lipinski definition) is 3. The van der Waals surface area contributed by atoms with Crippen molar-refractivity contribution in [3.8, 4) is 0 Å². The minimum Gasteiger partial charge on any atom is -0.480 e. The Morgan fingerprint density at radius 3 is 2.57 bits per heavy atom. The van der Waals surface area contributed by atoms with Gasteiger partial charge >= 0.3 is 5.97 Å². The molecule has 1 heterocycles. The van der Waals surface area contributed by atoms with Gasteiger partial charge < -0.3 is 20.1 Å². The molecular weight excluding hydrogens is 274 g/mol. The third kappa shape index (κ3) is 3.03. The van der Waals surface area contributed by atoms with Gasteiger partial charge in [-0.1, -0.05) is 12.1 Å². The predicted molar refractivity (Wildman–Crippen MR) is 75.7 cm³/mol. The number of fused-ring (bicyclic) bond motifs is 1. The van der Waals surface area contributed by atoms with Gasteiger partial charge in [0.1, 0.15) is 6.04 Å². The average Bonchev–Trinajstić information content (AvgIpc) is 2.86. The summed E-state index contributed by atoms with van der Waals surface area (Å²) in [6.07, 6.45) is 0.353. The Bertz CT molecular complexity index is 665. The number of benzene rings is 1. The highest BCUT2D eigenvalue weighted by Crippen LogP contribution is 2.17. The van der Waals surface area contributed by atoms with Gasteiger partial charge in [0.15, 0.2) is 6.04 Å². The maximum Gasteiger partial charge on any atom is 0.328 e. The number of carboxylic acids is 1. The minimum absolute atomic E-state index is 0.494. The van der Waals surface area contributed by atoms with E-state index >= 15 is 0 Å². The van der Waals surface area contributed by atoms with E-state index in [0.717, 1.165) is 11.0 Å². The summed E-state index contributed by atoms with van der Waals surface area (Å²) in [6.45, 7) is 2.96. The maximum absolute atomic E-state index is 12.2. The van der Waals surface area contributed by atoms with Crippen molar-refractivity contribution in [2.24, 2.45) is 0 Å². The van der Waals surface area contributed by atoms with Gasteiger partial charge in [0, 0.05) is 0 Å². The van der Waals surface area contributed by atoms with Crippen molar-refractivity contribution in [2.75, 3.05) is 0 Å². The van der Waals surface area contributed by atoms with E-state index in [4.69, 9.17) is 5.11 Å². The summed E-state index contributed by atoms with van der Waals surface area (Å²) in [5.74, 6) is -1.77. The maximum atomic E-state index is 12.2. The van der Waals surface area contributed by atoms with Crippen LogP contribution in [0.5, 0.6) is 0 Å². The van der Waals surface area contributed by atoms with Crippen molar-refractivity contribution in [3.63, 3.8) is 0 Å². The van der Waals surface area contributed by atoms with Gasteiger partial charge in [0.25, 0.3) is 0 Å². The molecule has 3 N–H and O–H groups in total. The first-order chi connectivity index (χ1) is 9.91. The van der Waals surface area contributed by atoms with E-state index in [9.17, 15) is 14.7 Å². The zero-order valence-corrected chi connectivity index (χ0v) is 11.7. The van der Waals surface area contributed by atoms with E-state index in [1.165, 1.54) is 13.3 Å². The molecule has 21 heavy (non-hydrogen) atoms. The fourth-order valence-corrected chi connectivity index (χ4v) is 2.08. The zero-order valence-electron chi connectivity index (χ0n) is 11.7. The van der Waals surface area contributed by atoms with Crippen molar-refractivity contribution < 1.29 is 19.8 Å². The molecule has 0 saturated carbocycles. The van der Waals surface area contributed by atoms with Gasteiger partial charge in [-0.15, -0.1) is 0 Å². The molecule has 3 unspecified atom stereocenters. The summed E-state index contributed by atoms with van der Waals surface area (Å²) in [4.78, 5) is 27.4. The highest BCUT2D eigenvalue weighted by molar-refractivity contribution is 5.87. The Kier molecular flexibility index (Phi) is 4.23. The van der Waals surface area contributed by atoms with Crippen molar-refractivity contribution >= 4 is 22.9 Å². The van der Waals surface area contributed by atoms with E-state index in [2.05, 4.69) is 10.3 Å². The van der Waals surface area contributed by atoms with Gasteiger partial charge in [0.05, 0.1) is 23.5 Å². The van der Waals surface area contributed by atoms with Gasteiger partial charge in [-0.3, -0.25) is 4.79 Å². The predicted octanol–water partition coefficient (Wildman–Crippen LogP) is 0.547. The van der Waals surface area contributed by atoms with Crippen LogP contribution in [0.25, 0.3) is 11.0 Å². The van der Waals surface area contributed by atoms with Crippen molar-refractivity contribution in [3.05, 3.63) is 30.6 Å². The Morgan fingerprint density at radius 1 is 1.29 bits per heavy atom. The molecule has 2 aromatic rings. The first-order valence-corrected chi connectivity index (χ1v) is 6.54. The molecule has 1 aromatic heterocycles. The van der Waals surface area contributed by atoms with Crippen molar-refractivity contribution in [1.29, 1.82) is 0 Å². The highest BCUT2D eigenvalue weighted by atomic mass is 16.4. The van der Waals surface area contributed by atoms with E-state index in [-0.39, 0.29) is 0 Å². The van der Waals surface area contributed by atoms with E-state index in [1.807, 2.05) is 24.3 Å². The standard InChI is InChI=1S/C14H17N3O4/c1-8(13(19)16-12(9(2)18)14(20)21)17-7-15-10-5-3-4-6-11(10)17/h3-9,12,18H,1-2H3,(H,16,19)(H,20,21). The summed E-state index contributed by atoms with van der Waals surface area (Å²) in [5, 5.41) is 20.7. The lowest BCUT2D eigenvalue weighted by molar-refractivity contribution is -0.145. The number of imidazole rings is 1. The fourth-order valence-electron chi connectivity index (χ4n) is 2.08. The molecule has 0 bridgehead atoms. The molecule has 3 atom stereocenters. The largest absolute Gasteiger partial charge is 0.480 e. The molecular formula is C14H17N3O4. The van der Waals surface area contributed by atoms with Crippen LogP contribution in [0, 0.1) is 0 Å². The molecule has 7 heteroatoms. The van der Waals surface area contributed by atoms with Gasteiger partial charge in [0.2, 0.25) is 5.91 Å². The number of hydrogen-bond acceptors (Lipinski definition) is 4. The van der Waals surface area contributed by atoms with Crippen LogP contribution in [-0.2, 0) is 9.59 Å². The molecule has 0 fully saturated rings. The smallest absolute Gasteiger partial charge is 0.328 e. The lowest BCUT2D eigenvalue weighted by atomic mass is 10.1. The zero-order chi connectivity index (χ0) is 15.6. The van der Waals surface area contributed by atoms with Gasteiger partial charge in [-0.05, 0) is 26.0 Å². The Balaban J connectivity index is 2.21. The van der Waals surface area contributed by atoms with Crippen LogP contribution >= 0.6 is 0 Å². The minimum atomic E-state index is -1.34. The molecule has 2 rings (SSSR count). The molecule has 1 aromatic carbocycles. The number of carbonyl (C=O) groups is 2. The third-order valence-corrected chi connectivity index (χ3v) is 3.32. The second-order valence-electron chi connectivity index (χ2n) is 4.88. The summed E-state index contributed by atoms with van der Waals surface area (Å²) in [5.41, 5.74) is 1.53. The number of aliphatic hydroxyl groups excluding tert-OH is 1. The first-order valence-electron chi connectivity index (χ1n) is 6.54. The molecule has 7 nitrogen and oxygen atoms in total. The van der Waals surface area contributed by atoms with Crippen LogP contribution < -0.4 is 5.32 Å². The normalized spacial score (nSPS) is 15.4. The Morgan fingerprint density at radius 2 is 1.95 bits per heavy atom. The lowest BCUT2D eigenvalue weighted by Crippen LogP contribution is -2.49. The molecule has 0 aliphatic carbocycles. The molecule has 0 aliphatic rings. The lowest BCUT2D eigenvalue weighted by Gasteiger charge is -2.20. The van der Waals surface area contributed by atoms with E-state index in [0.29, 0.717) is 0 Å². The molecule has 0 saturated heterocycles. The van der Waals surface area contributed by atoms with Crippen LogP contribution in [0.2, 0.25) is 0 Å². The van der Waals surface area contributed by atoms with Gasteiger partial charge in [-0.2, -0.15) is 0 Å². The van der Waals surface area contributed by atoms with Gasteiger partial charge in [-0.25, -0.2) is 9.78 Å². The quantitative estimate of drug-likeness (QED) is 0.746. The second-order valence-corrected chi connectivity index (χ2v) is 4.88. The number of aliphatic hydroxyl groups is 1. The van der Waals surface area contributed by atoms with Crippen LogP contribution in [0.3, 0.4) is 0 Å². The Labute approximate surface area is 121 Å². The van der Waals surface area contributed by atoms with Crippen LogP contribution in [0.4, 0.5) is 0 Å². The number of aromatic nitrogens is 2. The molecule has 0 aliphatic heterocycles. The SMILES string of the molecule is CC(O)C(NC(=O)C(C)n1cnc2ccccc21)C(=O)O. The van der Waals surface area contributed by atoms with Crippen molar-refractivity contribution in [1.82, 2.24) is 14.9 Å². The molecule has 0 spiro atoms. The topological polar surface area (TPSA) is 104 Å². The summed E-state index contributed by atoms with van der Waals surface area (Å²) < 4.78 is 1.66. The molecule has 112 valence electrons. The van der Waals surface area contributed by atoms with Crippen molar-refractivity contribution in [2.45, 2.75) is 32.0 Å². The first kappa shape index (κ1) is 15.0. The number of para-hydroxylation sites is 2. The number of carboxylic acid groups (broad SMARTS) is 1. The third-order valence-electron chi connectivity index (χ3n) is 3.32. The summed E-state index contributed by atoms with van der Waals surface area (Å²) >= 11 is 0. The van der Waals surface area contributed by atoms with Crippen LogP contribution in [-0.4, -0.2) is 43.8 Å². The number of nitrogens with zero attached hydrogens (tertiary/aromatic N) is 2. The monoisotopic (exact) mass is 291 g/mol. The number of nitrogens with one attached hydrogen (secondary N) is 1. The van der Waals surface area contributed by atoms with E-state index < -0.39 is 30.1 Å². The van der Waals surface area contributed by atoms with Crippen LogP contribution in [0.1, 0.15) is 19.9 Å². The molecule has 0 radical (unpaired) electrons. The summed E-state index contributed by atoms with van der Waals surface area (Å²) in [6, 6.07) is 5.36. The number of carbonyl (C=O) groups excluding carboxylic acids is 1. The molecule has 1 amide bonds. The Hall–Kier alpha value is -2.41. The second kappa shape index (κ2) is 5.92. The highest BCUT2D eigenvalue weighted by Gasteiger charge is 2.27. The average molecular weight is 291 g/mol. The fraction of sp³-hybridized carbons (Fsp3) is 0.357. The summed E-state index contributed by atoms with van der Waals surface area (Å²) in [7, 11) is 0. The number of aliphatic carboxylic acids is 1. The number of amides is 1. The number of rotatable bonds is 5. The van der Waals surface area contributed by atoms with Crippen LogP contribution in [0.15, 0.2) is 30.6 Å².